The predicted octanol–water partition coefficient (Wildman–Crippen LogP) is 1.99. The lowest BCUT2D eigenvalue weighted by Crippen LogP contribution is -2.12. The summed E-state index contributed by atoms with van der Waals surface area (Å²) in [6, 6.07) is 1.57. The summed E-state index contributed by atoms with van der Waals surface area (Å²) in [5.74, 6) is 1.09. The van der Waals surface area contributed by atoms with Crippen LogP contribution < -0.4 is 5.56 Å². The molecule has 0 spiro atoms. The number of nitrogens with zero attached hydrogens (tertiary/aromatic N) is 3. The Balaban J connectivity index is 2.56. The van der Waals surface area contributed by atoms with Crippen molar-refractivity contribution in [2.75, 3.05) is 0 Å². The van der Waals surface area contributed by atoms with Crippen molar-refractivity contribution in [1.29, 1.82) is 0 Å². The monoisotopic (exact) mass is 260 g/mol. The van der Waals surface area contributed by atoms with Crippen LogP contribution in [-0.2, 0) is 13.5 Å². The first-order chi connectivity index (χ1) is 8.88. The molecule has 0 radical (unpaired) electrons. The Kier molecular flexibility index (Phi) is 3.55. The molecule has 0 aliphatic rings. The highest BCUT2D eigenvalue weighted by atomic mass is 16.1. The van der Waals surface area contributed by atoms with Gasteiger partial charge < -0.3 is 4.98 Å². The molecule has 102 valence electrons. The van der Waals surface area contributed by atoms with Gasteiger partial charge in [-0.15, -0.1) is 0 Å². The van der Waals surface area contributed by atoms with E-state index in [9.17, 15) is 4.79 Å². The Morgan fingerprint density at radius 2 is 2.05 bits per heavy atom. The first-order valence-electron chi connectivity index (χ1n) is 6.49. The van der Waals surface area contributed by atoms with Gasteiger partial charge in [0.25, 0.3) is 5.56 Å². The number of nitrogens with one attached hydrogen (secondary N) is 1. The summed E-state index contributed by atoms with van der Waals surface area (Å²) >= 11 is 0. The maximum Gasteiger partial charge on any atom is 0.251 e. The van der Waals surface area contributed by atoms with Crippen molar-refractivity contribution in [3.63, 3.8) is 0 Å². The molecule has 1 N–H and O–H groups in total. The van der Waals surface area contributed by atoms with E-state index in [4.69, 9.17) is 0 Å². The maximum atomic E-state index is 11.8. The van der Waals surface area contributed by atoms with Gasteiger partial charge in [0.2, 0.25) is 0 Å². The van der Waals surface area contributed by atoms with Gasteiger partial charge >= 0.3 is 0 Å². The van der Waals surface area contributed by atoms with Gasteiger partial charge in [-0.3, -0.25) is 9.48 Å². The van der Waals surface area contributed by atoms with Gasteiger partial charge in [0.05, 0.1) is 11.3 Å². The number of hydrogen-bond acceptors (Lipinski definition) is 3. The molecule has 0 saturated heterocycles. The Morgan fingerprint density at radius 1 is 1.37 bits per heavy atom. The average molecular weight is 260 g/mol. The highest BCUT2D eigenvalue weighted by molar-refractivity contribution is 5.61. The lowest BCUT2D eigenvalue weighted by Gasteiger charge is -2.07. The molecule has 0 bridgehead atoms. The van der Waals surface area contributed by atoms with Gasteiger partial charge in [-0.1, -0.05) is 13.8 Å². The van der Waals surface area contributed by atoms with Gasteiger partial charge in [0.15, 0.2) is 0 Å². The van der Waals surface area contributed by atoms with Gasteiger partial charge in [-0.25, -0.2) is 4.98 Å². The smallest absolute Gasteiger partial charge is 0.251 e. The largest absolute Gasteiger partial charge is 0.306 e. The van der Waals surface area contributed by atoms with Crippen LogP contribution in [0.5, 0.6) is 0 Å². The van der Waals surface area contributed by atoms with E-state index in [-0.39, 0.29) is 5.56 Å². The van der Waals surface area contributed by atoms with E-state index in [2.05, 4.69) is 28.9 Å². The fourth-order valence-corrected chi connectivity index (χ4v) is 2.27. The number of aromatic nitrogens is 4. The van der Waals surface area contributed by atoms with Gasteiger partial charge in [-0.2, -0.15) is 5.10 Å². The molecule has 0 atom stereocenters. The minimum Gasteiger partial charge on any atom is -0.306 e. The van der Waals surface area contributed by atoms with Crippen molar-refractivity contribution in [2.24, 2.45) is 13.0 Å². The molecular weight excluding hydrogens is 240 g/mol. The van der Waals surface area contributed by atoms with Crippen molar-refractivity contribution in [3.8, 4) is 11.4 Å². The van der Waals surface area contributed by atoms with Gasteiger partial charge in [0.1, 0.15) is 5.82 Å². The van der Waals surface area contributed by atoms with Crippen molar-refractivity contribution in [3.05, 3.63) is 33.5 Å². The third-order valence-electron chi connectivity index (χ3n) is 3.16. The summed E-state index contributed by atoms with van der Waals surface area (Å²) in [6.07, 6.45) is 0.801. The Morgan fingerprint density at radius 3 is 2.58 bits per heavy atom. The molecule has 2 heterocycles. The molecule has 0 aliphatic carbocycles. The fourth-order valence-electron chi connectivity index (χ4n) is 2.27. The number of H-pyrrole nitrogens is 1. The van der Waals surface area contributed by atoms with E-state index in [1.807, 2.05) is 20.9 Å². The standard InChI is InChI=1S/C14H20N4O/c1-8(2)6-11-7-12(19)16-14(15-11)13-9(3)17-18(5)10(13)4/h7-8H,6H2,1-5H3,(H,15,16,19). The number of aryl methyl sites for hydroxylation is 2. The zero-order valence-electron chi connectivity index (χ0n) is 12.1. The lowest BCUT2D eigenvalue weighted by atomic mass is 10.1. The molecule has 19 heavy (non-hydrogen) atoms. The molecule has 0 aromatic carbocycles. The van der Waals surface area contributed by atoms with Crippen molar-refractivity contribution in [2.45, 2.75) is 34.1 Å². The van der Waals surface area contributed by atoms with Crippen molar-refractivity contribution >= 4 is 0 Å². The molecule has 0 aliphatic heterocycles. The third kappa shape index (κ3) is 2.75. The van der Waals surface area contributed by atoms with E-state index in [0.29, 0.717) is 11.7 Å². The van der Waals surface area contributed by atoms with Crippen LogP contribution in [0, 0.1) is 19.8 Å². The van der Waals surface area contributed by atoms with Crippen LogP contribution in [0.4, 0.5) is 0 Å². The molecular formula is C14H20N4O. The maximum absolute atomic E-state index is 11.8. The van der Waals surface area contributed by atoms with Crippen LogP contribution in [0.15, 0.2) is 10.9 Å². The fraction of sp³-hybridized carbons (Fsp3) is 0.500. The Labute approximate surface area is 112 Å². The zero-order valence-corrected chi connectivity index (χ0v) is 12.1. The summed E-state index contributed by atoms with van der Waals surface area (Å²) in [5, 5.41) is 4.36. The molecule has 0 fully saturated rings. The molecule has 2 rings (SSSR count). The first-order valence-corrected chi connectivity index (χ1v) is 6.49. The van der Waals surface area contributed by atoms with Crippen LogP contribution in [0.1, 0.15) is 30.9 Å². The normalized spacial score (nSPS) is 11.3. The molecule has 0 amide bonds. The summed E-state index contributed by atoms with van der Waals surface area (Å²) in [7, 11) is 1.89. The number of aromatic amines is 1. The van der Waals surface area contributed by atoms with E-state index < -0.39 is 0 Å². The molecule has 2 aromatic heterocycles. The molecule has 5 nitrogen and oxygen atoms in total. The van der Waals surface area contributed by atoms with Crippen LogP contribution in [0.3, 0.4) is 0 Å². The highest BCUT2D eigenvalue weighted by Gasteiger charge is 2.15. The second-order valence-electron chi connectivity index (χ2n) is 5.35. The minimum atomic E-state index is -0.108. The summed E-state index contributed by atoms with van der Waals surface area (Å²) in [4.78, 5) is 19.2. The number of hydrogen-bond donors (Lipinski definition) is 1. The van der Waals surface area contributed by atoms with Crippen LogP contribution in [-0.4, -0.2) is 19.7 Å². The van der Waals surface area contributed by atoms with Crippen molar-refractivity contribution < 1.29 is 0 Å². The second kappa shape index (κ2) is 4.99. The Bertz CT molecular complexity index is 652. The summed E-state index contributed by atoms with van der Waals surface area (Å²) in [6.45, 7) is 8.13. The predicted molar refractivity (Wildman–Crippen MR) is 75.1 cm³/mol. The number of rotatable bonds is 3. The summed E-state index contributed by atoms with van der Waals surface area (Å²) in [5.41, 5.74) is 3.53. The molecule has 0 saturated carbocycles. The zero-order chi connectivity index (χ0) is 14.2. The van der Waals surface area contributed by atoms with Crippen molar-refractivity contribution in [1.82, 2.24) is 19.7 Å². The average Bonchev–Trinajstić information content (AvgIpc) is 2.51. The minimum absolute atomic E-state index is 0.108. The van der Waals surface area contributed by atoms with E-state index in [0.717, 1.165) is 29.1 Å². The highest BCUT2D eigenvalue weighted by Crippen LogP contribution is 2.22. The van der Waals surface area contributed by atoms with E-state index in [1.165, 1.54) is 0 Å². The lowest BCUT2D eigenvalue weighted by molar-refractivity contribution is 0.633. The first kappa shape index (κ1) is 13.5. The molecule has 0 unspecified atom stereocenters. The van der Waals surface area contributed by atoms with E-state index >= 15 is 0 Å². The van der Waals surface area contributed by atoms with Gasteiger partial charge in [0, 0.05) is 24.5 Å². The SMILES string of the molecule is Cc1nn(C)c(C)c1-c1nc(CC(C)C)cc(=O)[nH]1. The Hall–Kier alpha value is -1.91. The van der Waals surface area contributed by atoms with E-state index in [1.54, 1.807) is 10.7 Å². The second-order valence-corrected chi connectivity index (χ2v) is 5.35. The van der Waals surface area contributed by atoms with Crippen LogP contribution >= 0.6 is 0 Å². The summed E-state index contributed by atoms with van der Waals surface area (Å²) < 4.78 is 1.81. The van der Waals surface area contributed by atoms with Crippen LogP contribution in [0.2, 0.25) is 0 Å². The van der Waals surface area contributed by atoms with Gasteiger partial charge in [-0.05, 0) is 26.2 Å². The van der Waals surface area contributed by atoms with Crippen LogP contribution in [0.25, 0.3) is 11.4 Å². The third-order valence-corrected chi connectivity index (χ3v) is 3.16. The quantitative estimate of drug-likeness (QED) is 0.918. The topological polar surface area (TPSA) is 63.6 Å². The molecule has 2 aromatic rings. The molecule has 5 heteroatoms.